The fourth-order valence-electron chi connectivity index (χ4n) is 1.29. The van der Waals surface area contributed by atoms with Gasteiger partial charge in [0.05, 0.1) is 12.9 Å². The van der Waals surface area contributed by atoms with Crippen LogP contribution in [-0.2, 0) is 4.74 Å². The standard InChI is InChI=1S/C9H13N5O/c1-2-15-4-3-10-8-7-9(12-5-11-7)14-6-13-8/h5-6H,2-4H2,1H3,(H2,10,11,12,13,14). The van der Waals surface area contributed by atoms with Crippen molar-refractivity contribution in [2.75, 3.05) is 25.1 Å². The summed E-state index contributed by atoms with van der Waals surface area (Å²) in [4.78, 5) is 15.2. The Bertz CT molecular complexity index is 427. The highest BCUT2D eigenvalue weighted by atomic mass is 16.5. The summed E-state index contributed by atoms with van der Waals surface area (Å²) < 4.78 is 5.22. The molecule has 2 rings (SSSR count). The summed E-state index contributed by atoms with van der Waals surface area (Å²) in [6.07, 6.45) is 3.10. The lowest BCUT2D eigenvalue weighted by Crippen LogP contribution is -2.10. The molecule has 2 heterocycles. The molecule has 6 nitrogen and oxygen atoms in total. The van der Waals surface area contributed by atoms with E-state index in [4.69, 9.17) is 4.74 Å². The van der Waals surface area contributed by atoms with E-state index in [-0.39, 0.29) is 0 Å². The number of anilines is 1. The molecule has 0 amide bonds. The van der Waals surface area contributed by atoms with Crippen molar-refractivity contribution < 1.29 is 4.74 Å². The summed E-state index contributed by atoms with van der Waals surface area (Å²) in [6, 6.07) is 0. The SMILES string of the molecule is CCOCCNc1ncnc2nc[nH]c12. The Balaban J connectivity index is 2.04. The maximum atomic E-state index is 5.22. The predicted octanol–water partition coefficient (Wildman–Crippen LogP) is 0.801. The molecule has 80 valence electrons. The molecule has 0 atom stereocenters. The van der Waals surface area contributed by atoms with Gasteiger partial charge in [0.1, 0.15) is 11.8 Å². The Morgan fingerprint density at radius 3 is 3.20 bits per heavy atom. The molecule has 2 aromatic heterocycles. The second-order valence-electron chi connectivity index (χ2n) is 2.95. The van der Waals surface area contributed by atoms with Gasteiger partial charge >= 0.3 is 0 Å². The number of aromatic nitrogens is 4. The molecule has 0 spiro atoms. The van der Waals surface area contributed by atoms with Gasteiger partial charge in [-0.15, -0.1) is 0 Å². The summed E-state index contributed by atoms with van der Waals surface area (Å²) in [5, 5.41) is 3.16. The highest BCUT2D eigenvalue weighted by Crippen LogP contribution is 2.13. The van der Waals surface area contributed by atoms with E-state index >= 15 is 0 Å². The van der Waals surface area contributed by atoms with Crippen LogP contribution in [0.1, 0.15) is 6.92 Å². The van der Waals surface area contributed by atoms with E-state index in [2.05, 4.69) is 25.3 Å². The summed E-state index contributed by atoms with van der Waals surface area (Å²) in [5.74, 6) is 0.761. The van der Waals surface area contributed by atoms with Gasteiger partial charge in [-0.3, -0.25) is 0 Å². The molecule has 0 unspecified atom stereocenters. The van der Waals surface area contributed by atoms with Crippen molar-refractivity contribution in [1.82, 2.24) is 19.9 Å². The van der Waals surface area contributed by atoms with E-state index in [1.54, 1.807) is 6.33 Å². The van der Waals surface area contributed by atoms with Crippen LogP contribution in [0.25, 0.3) is 11.2 Å². The van der Waals surface area contributed by atoms with Gasteiger partial charge in [0.15, 0.2) is 11.5 Å². The summed E-state index contributed by atoms with van der Waals surface area (Å²) in [7, 11) is 0. The molecular formula is C9H13N5O. The second-order valence-corrected chi connectivity index (χ2v) is 2.95. The predicted molar refractivity (Wildman–Crippen MR) is 56.7 cm³/mol. The normalized spacial score (nSPS) is 10.7. The number of rotatable bonds is 5. The van der Waals surface area contributed by atoms with Crippen LogP contribution in [0.15, 0.2) is 12.7 Å². The van der Waals surface area contributed by atoms with Crippen LogP contribution < -0.4 is 5.32 Å². The first-order valence-electron chi connectivity index (χ1n) is 4.87. The lowest BCUT2D eigenvalue weighted by Gasteiger charge is -2.05. The highest BCUT2D eigenvalue weighted by Gasteiger charge is 2.03. The number of aromatic amines is 1. The van der Waals surface area contributed by atoms with Gasteiger partial charge in [-0.2, -0.15) is 0 Å². The van der Waals surface area contributed by atoms with Gasteiger partial charge in [-0.1, -0.05) is 0 Å². The number of H-pyrrole nitrogens is 1. The molecule has 2 aromatic rings. The molecule has 0 saturated heterocycles. The molecule has 0 aromatic carbocycles. The van der Waals surface area contributed by atoms with Crippen LogP contribution in [0, 0.1) is 0 Å². The van der Waals surface area contributed by atoms with Crippen LogP contribution in [0.5, 0.6) is 0 Å². The zero-order valence-electron chi connectivity index (χ0n) is 8.53. The highest BCUT2D eigenvalue weighted by molar-refractivity contribution is 5.81. The maximum absolute atomic E-state index is 5.22. The minimum absolute atomic E-state index is 0.663. The molecule has 0 aliphatic carbocycles. The van der Waals surface area contributed by atoms with Gasteiger partial charge in [-0.05, 0) is 6.92 Å². The zero-order chi connectivity index (χ0) is 10.5. The summed E-state index contributed by atoms with van der Waals surface area (Å²) in [6.45, 7) is 4.08. The zero-order valence-corrected chi connectivity index (χ0v) is 8.53. The first-order valence-corrected chi connectivity index (χ1v) is 4.87. The first kappa shape index (κ1) is 9.85. The van der Waals surface area contributed by atoms with E-state index in [1.165, 1.54) is 6.33 Å². The third-order valence-corrected chi connectivity index (χ3v) is 1.97. The third kappa shape index (κ3) is 2.21. The molecular weight excluding hydrogens is 194 g/mol. The van der Waals surface area contributed by atoms with Crippen LogP contribution >= 0.6 is 0 Å². The minimum Gasteiger partial charge on any atom is -0.380 e. The lowest BCUT2D eigenvalue weighted by atomic mass is 10.5. The second kappa shape index (κ2) is 4.70. The fourth-order valence-corrected chi connectivity index (χ4v) is 1.29. The Morgan fingerprint density at radius 1 is 1.40 bits per heavy atom. The summed E-state index contributed by atoms with van der Waals surface area (Å²) >= 11 is 0. The number of ether oxygens (including phenoxy) is 1. The van der Waals surface area contributed by atoms with E-state index in [9.17, 15) is 0 Å². The average Bonchev–Trinajstić information content (AvgIpc) is 2.73. The minimum atomic E-state index is 0.663. The molecule has 0 fully saturated rings. The Morgan fingerprint density at radius 2 is 2.33 bits per heavy atom. The number of fused-ring (bicyclic) bond motifs is 1. The van der Waals surface area contributed by atoms with Crippen molar-refractivity contribution in [3.05, 3.63) is 12.7 Å². The monoisotopic (exact) mass is 207 g/mol. The van der Waals surface area contributed by atoms with Crippen molar-refractivity contribution >= 4 is 17.0 Å². The Hall–Kier alpha value is -1.69. The molecule has 0 bridgehead atoms. The molecule has 2 N–H and O–H groups in total. The Kier molecular flexibility index (Phi) is 3.08. The topological polar surface area (TPSA) is 75.7 Å². The molecule has 15 heavy (non-hydrogen) atoms. The van der Waals surface area contributed by atoms with Gasteiger partial charge < -0.3 is 15.0 Å². The van der Waals surface area contributed by atoms with E-state index in [1.807, 2.05) is 6.92 Å². The number of nitrogens with zero attached hydrogens (tertiary/aromatic N) is 3. The van der Waals surface area contributed by atoms with Gasteiger partial charge in [-0.25, -0.2) is 15.0 Å². The number of hydrogen-bond acceptors (Lipinski definition) is 5. The van der Waals surface area contributed by atoms with Crippen molar-refractivity contribution in [3.8, 4) is 0 Å². The molecule has 0 aliphatic rings. The molecule has 6 heteroatoms. The van der Waals surface area contributed by atoms with E-state index < -0.39 is 0 Å². The summed E-state index contributed by atoms with van der Waals surface area (Å²) in [5.41, 5.74) is 1.50. The maximum Gasteiger partial charge on any atom is 0.182 e. The van der Waals surface area contributed by atoms with Crippen molar-refractivity contribution in [2.24, 2.45) is 0 Å². The smallest absolute Gasteiger partial charge is 0.182 e. The van der Waals surface area contributed by atoms with Crippen LogP contribution in [0.2, 0.25) is 0 Å². The van der Waals surface area contributed by atoms with Gasteiger partial charge in [0, 0.05) is 13.2 Å². The largest absolute Gasteiger partial charge is 0.380 e. The van der Waals surface area contributed by atoms with Crippen LogP contribution in [0.4, 0.5) is 5.82 Å². The lowest BCUT2D eigenvalue weighted by molar-refractivity contribution is 0.158. The van der Waals surface area contributed by atoms with Crippen molar-refractivity contribution in [1.29, 1.82) is 0 Å². The number of hydrogen-bond donors (Lipinski definition) is 2. The fraction of sp³-hybridized carbons (Fsp3) is 0.444. The number of imidazole rings is 1. The first-order chi connectivity index (χ1) is 7.42. The third-order valence-electron chi connectivity index (χ3n) is 1.97. The van der Waals surface area contributed by atoms with Gasteiger partial charge in [0.25, 0.3) is 0 Å². The van der Waals surface area contributed by atoms with Crippen molar-refractivity contribution in [2.45, 2.75) is 6.92 Å². The van der Waals surface area contributed by atoms with Gasteiger partial charge in [0.2, 0.25) is 0 Å². The quantitative estimate of drug-likeness (QED) is 0.709. The van der Waals surface area contributed by atoms with Crippen molar-refractivity contribution in [3.63, 3.8) is 0 Å². The Labute approximate surface area is 87.1 Å². The van der Waals surface area contributed by atoms with E-state index in [0.29, 0.717) is 12.3 Å². The van der Waals surface area contributed by atoms with Crippen LogP contribution in [-0.4, -0.2) is 39.7 Å². The number of nitrogens with one attached hydrogen (secondary N) is 2. The van der Waals surface area contributed by atoms with E-state index in [0.717, 1.165) is 24.5 Å². The average molecular weight is 207 g/mol. The molecule has 0 radical (unpaired) electrons. The molecule has 0 aliphatic heterocycles. The van der Waals surface area contributed by atoms with Crippen LogP contribution in [0.3, 0.4) is 0 Å². The molecule has 0 saturated carbocycles.